The van der Waals surface area contributed by atoms with Crippen LogP contribution in [0.5, 0.6) is 5.75 Å². The van der Waals surface area contributed by atoms with Crippen LogP contribution < -0.4 is 10.1 Å². The lowest BCUT2D eigenvalue weighted by atomic mass is 10.1. The molecule has 0 aliphatic carbocycles. The molecular formula is C22H20N2O6. The van der Waals surface area contributed by atoms with E-state index in [1.54, 1.807) is 12.1 Å². The van der Waals surface area contributed by atoms with E-state index in [0.29, 0.717) is 5.75 Å². The van der Waals surface area contributed by atoms with Gasteiger partial charge in [-0.2, -0.15) is 0 Å². The fraction of sp³-hybridized carbons (Fsp3) is 0.182. The standard InChI is InChI=1S/C22H20N2O6/c1-2-11-24-20(26)17-9-8-15(13-18(17)21(24)27)22(28)30-14-19(25)23-10-12-29-16-6-4-3-5-7-16/h2-9,13H,1,10-12,14H2,(H,23,25). The zero-order valence-corrected chi connectivity index (χ0v) is 16.1. The van der Waals surface area contributed by atoms with Gasteiger partial charge in [0.2, 0.25) is 0 Å². The Hall–Kier alpha value is -3.94. The molecule has 1 aliphatic rings. The van der Waals surface area contributed by atoms with Crippen LogP contribution in [-0.2, 0) is 9.53 Å². The number of carbonyl (C=O) groups is 4. The molecule has 1 heterocycles. The summed E-state index contributed by atoms with van der Waals surface area (Å²) in [5, 5.41) is 2.58. The highest BCUT2D eigenvalue weighted by atomic mass is 16.5. The molecule has 1 N–H and O–H groups in total. The second-order valence-corrected chi connectivity index (χ2v) is 6.36. The van der Waals surface area contributed by atoms with Gasteiger partial charge >= 0.3 is 5.97 Å². The molecule has 0 saturated heterocycles. The van der Waals surface area contributed by atoms with Crippen LogP contribution in [0.4, 0.5) is 0 Å². The first-order valence-corrected chi connectivity index (χ1v) is 9.24. The minimum atomic E-state index is -0.768. The van der Waals surface area contributed by atoms with E-state index in [1.165, 1.54) is 24.3 Å². The molecule has 2 aromatic carbocycles. The minimum absolute atomic E-state index is 0.0792. The van der Waals surface area contributed by atoms with E-state index in [0.717, 1.165) is 4.90 Å². The van der Waals surface area contributed by atoms with Crippen LogP contribution >= 0.6 is 0 Å². The van der Waals surface area contributed by atoms with Crippen LogP contribution in [0.3, 0.4) is 0 Å². The van der Waals surface area contributed by atoms with Crippen molar-refractivity contribution in [2.45, 2.75) is 0 Å². The van der Waals surface area contributed by atoms with E-state index in [1.807, 2.05) is 18.2 Å². The van der Waals surface area contributed by atoms with Crippen molar-refractivity contribution in [1.82, 2.24) is 10.2 Å². The van der Waals surface area contributed by atoms with Crippen molar-refractivity contribution in [3.63, 3.8) is 0 Å². The maximum atomic E-state index is 12.3. The van der Waals surface area contributed by atoms with Gasteiger partial charge in [0.25, 0.3) is 17.7 Å². The molecule has 1 aliphatic heterocycles. The summed E-state index contributed by atoms with van der Waals surface area (Å²) < 4.78 is 10.4. The largest absolute Gasteiger partial charge is 0.492 e. The number of nitrogens with zero attached hydrogens (tertiary/aromatic N) is 1. The van der Waals surface area contributed by atoms with Gasteiger partial charge in [0.05, 0.1) is 23.2 Å². The molecule has 0 atom stereocenters. The van der Waals surface area contributed by atoms with Crippen LogP contribution in [0.25, 0.3) is 0 Å². The molecule has 8 heteroatoms. The number of nitrogens with one attached hydrogen (secondary N) is 1. The molecule has 30 heavy (non-hydrogen) atoms. The van der Waals surface area contributed by atoms with Crippen molar-refractivity contribution in [3.8, 4) is 5.75 Å². The SMILES string of the molecule is C=CCN1C(=O)c2ccc(C(=O)OCC(=O)NCCOc3ccccc3)cc2C1=O. The molecule has 0 fully saturated rings. The number of hydrogen-bond acceptors (Lipinski definition) is 6. The summed E-state index contributed by atoms with van der Waals surface area (Å²) in [6.45, 7) is 3.65. The molecule has 3 amide bonds. The molecule has 0 unspecified atom stereocenters. The zero-order chi connectivity index (χ0) is 21.5. The minimum Gasteiger partial charge on any atom is -0.492 e. The van der Waals surface area contributed by atoms with Gasteiger partial charge in [-0.3, -0.25) is 19.3 Å². The van der Waals surface area contributed by atoms with Gasteiger partial charge in [0.15, 0.2) is 6.61 Å². The molecule has 154 valence electrons. The Bertz CT molecular complexity index is 986. The van der Waals surface area contributed by atoms with E-state index >= 15 is 0 Å². The topological polar surface area (TPSA) is 102 Å². The predicted molar refractivity (Wildman–Crippen MR) is 107 cm³/mol. The van der Waals surface area contributed by atoms with Crippen LogP contribution in [0.2, 0.25) is 0 Å². The highest BCUT2D eigenvalue weighted by molar-refractivity contribution is 6.22. The van der Waals surface area contributed by atoms with Gasteiger partial charge < -0.3 is 14.8 Å². The van der Waals surface area contributed by atoms with Crippen molar-refractivity contribution in [2.75, 3.05) is 26.3 Å². The Morgan fingerprint density at radius 3 is 2.50 bits per heavy atom. The first-order valence-electron chi connectivity index (χ1n) is 9.24. The lowest BCUT2D eigenvalue weighted by Gasteiger charge is -2.09. The third-order valence-corrected chi connectivity index (χ3v) is 4.29. The summed E-state index contributed by atoms with van der Waals surface area (Å²) >= 11 is 0. The molecule has 0 bridgehead atoms. The monoisotopic (exact) mass is 408 g/mol. The second-order valence-electron chi connectivity index (χ2n) is 6.36. The van der Waals surface area contributed by atoms with Gasteiger partial charge in [-0.15, -0.1) is 6.58 Å². The highest BCUT2D eigenvalue weighted by Crippen LogP contribution is 2.24. The first kappa shape index (κ1) is 20.8. The van der Waals surface area contributed by atoms with E-state index < -0.39 is 30.3 Å². The summed E-state index contributed by atoms with van der Waals surface area (Å²) in [7, 11) is 0. The molecule has 0 saturated carbocycles. The fourth-order valence-electron chi connectivity index (χ4n) is 2.85. The number of ether oxygens (including phenoxy) is 2. The van der Waals surface area contributed by atoms with E-state index in [2.05, 4.69) is 11.9 Å². The fourth-order valence-corrected chi connectivity index (χ4v) is 2.85. The van der Waals surface area contributed by atoms with Crippen molar-refractivity contribution >= 4 is 23.7 Å². The number of carbonyl (C=O) groups excluding carboxylic acids is 4. The maximum absolute atomic E-state index is 12.3. The molecule has 3 rings (SSSR count). The number of imide groups is 1. The lowest BCUT2D eigenvalue weighted by Crippen LogP contribution is -2.32. The molecule has 8 nitrogen and oxygen atoms in total. The number of benzene rings is 2. The second kappa shape index (κ2) is 9.51. The zero-order valence-electron chi connectivity index (χ0n) is 16.1. The average molecular weight is 408 g/mol. The van der Waals surface area contributed by atoms with Crippen molar-refractivity contribution in [3.05, 3.63) is 77.9 Å². The third kappa shape index (κ3) is 4.72. The number of hydrogen-bond donors (Lipinski definition) is 1. The van der Waals surface area contributed by atoms with Gasteiger partial charge in [-0.05, 0) is 30.3 Å². The van der Waals surface area contributed by atoms with Crippen molar-refractivity contribution in [2.24, 2.45) is 0 Å². The van der Waals surface area contributed by atoms with Gasteiger partial charge in [-0.1, -0.05) is 24.3 Å². The Kier molecular flexibility index (Phi) is 6.59. The van der Waals surface area contributed by atoms with Crippen LogP contribution in [0.1, 0.15) is 31.1 Å². The average Bonchev–Trinajstić information content (AvgIpc) is 3.00. The van der Waals surface area contributed by atoms with Crippen LogP contribution in [-0.4, -0.2) is 54.9 Å². The van der Waals surface area contributed by atoms with Gasteiger partial charge in [0.1, 0.15) is 12.4 Å². The first-order chi connectivity index (χ1) is 14.5. The summed E-state index contributed by atoms with van der Waals surface area (Å²) in [5.41, 5.74) is 0.420. The number of amides is 3. The molecule has 0 spiro atoms. The highest BCUT2D eigenvalue weighted by Gasteiger charge is 2.35. The van der Waals surface area contributed by atoms with E-state index in [9.17, 15) is 19.2 Å². The van der Waals surface area contributed by atoms with Crippen molar-refractivity contribution < 1.29 is 28.7 Å². The summed E-state index contributed by atoms with van der Waals surface area (Å²) in [4.78, 5) is 49.6. The number of esters is 1. The Morgan fingerprint density at radius 1 is 1.03 bits per heavy atom. The maximum Gasteiger partial charge on any atom is 0.338 e. The Morgan fingerprint density at radius 2 is 1.77 bits per heavy atom. The Labute approximate surface area is 173 Å². The molecule has 0 aromatic heterocycles. The van der Waals surface area contributed by atoms with Crippen LogP contribution in [0.15, 0.2) is 61.2 Å². The molecule has 2 aromatic rings. The number of para-hydroxylation sites is 1. The van der Waals surface area contributed by atoms with E-state index in [-0.39, 0.29) is 36.4 Å². The Balaban J connectivity index is 1.47. The normalized spacial score (nSPS) is 12.3. The van der Waals surface area contributed by atoms with Gasteiger partial charge in [0, 0.05) is 6.54 Å². The van der Waals surface area contributed by atoms with Crippen LogP contribution in [0, 0.1) is 0 Å². The lowest BCUT2D eigenvalue weighted by molar-refractivity contribution is -0.124. The summed E-state index contributed by atoms with van der Waals surface area (Å²) in [5.74, 6) is -1.50. The summed E-state index contributed by atoms with van der Waals surface area (Å²) in [6, 6.07) is 13.2. The molecular weight excluding hydrogens is 388 g/mol. The predicted octanol–water partition coefficient (Wildman–Crippen LogP) is 1.82. The number of fused-ring (bicyclic) bond motifs is 1. The van der Waals surface area contributed by atoms with Crippen molar-refractivity contribution in [1.29, 1.82) is 0 Å². The third-order valence-electron chi connectivity index (χ3n) is 4.29. The quantitative estimate of drug-likeness (QED) is 0.294. The summed E-state index contributed by atoms with van der Waals surface area (Å²) in [6.07, 6.45) is 1.44. The smallest absolute Gasteiger partial charge is 0.338 e. The number of rotatable bonds is 9. The van der Waals surface area contributed by atoms with Gasteiger partial charge in [-0.25, -0.2) is 4.79 Å². The molecule has 0 radical (unpaired) electrons. The van der Waals surface area contributed by atoms with E-state index in [4.69, 9.17) is 9.47 Å².